The molecule has 0 fully saturated rings. The third kappa shape index (κ3) is 3.92. The maximum atomic E-state index is 10.1. The van der Waals surface area contributed by atoms with Gasteiger partial charge in [0, 0.05) is 5.56 Å². The molecule has 0 radical (unpaired) electrons. The minimum atomic E-state index is 0.273. The fourth-order valence-corrected chi connectivity index (χ4v) is 3.07. The quantitative estimate of drug-likeness (QED) is 0.664. The van der Waals surface area contributed by atoms with Crippen LogP contribution in [0.3, 0.4) is 0 Å². The predicted molar refractivity (Wildman–Crippen MR) is 100.0 cm³/mol. The average Bonchev–Trinajstić information content (AvgIpc) is 2.46. The van der Waals surface area contributed by atoms with Crippen LogP contribution in [0.25, 0.3) is 5.57 Å². The lowest BCUT2D eigenvalue weighted by Crippen LogP contribution is -2.00. The van der Waals surface area contributed by atoms with Gasteiger partial charge in [0.05, 0.1) is 0 Å². The van der Waals surface area contributed by atoms with E-state index in [9.17, 15) is 5.11 Å². The van der Waals surface area contributed by atoms with Crippen molar-refractivity contribution in [1.82, 2.24) is 0 Å². The largest absolute Gasteiger partial charge is 0.507 e. The molecule has 2 aromatic rings. The molecule has 0 aromatic heterocycles. The maximum absolute atomic E-state index is 10.1. The molecule has 2 rings (SSSR count). The predicted octanol–water partition coefficient (Wildman–Crippen LogP) is 6.08. The van der Waals surface area contributed by atoms with Crippen LogP contribution in [0, 0.1) is 20.8 Å². The molecular formula is C22H26O. The van der Waals surface area contributed by atoms with Gasteiger partial charge >= 0.3 is 0 Å². The zero-order chi connectivity index (χ0) is 17.1. The topological polar surface area (TPSA) is 20.2 Å². The summed E-state index contributed by atoms with van der Waals surface area (Å²) in [6.07, 6.45) is 0.829. The van der Waals surface area contributed by atoms with E-state index in [1.165, 1.54) is 16.7 Å². The van der Waals surface area contributed by atoms with Gasteiger partial charge in [0.15, 0.2) is 0 Å². The van der Waals surface area contributed by atoms with Crippen LogP contribution in [0.15, 0.2) is 55.1 Å². The summed E-state index contributed by atoms with van der Waals surface area (Å²) < 4.78 is 0. The number of allylic oxidation sites excluding steroid dienone is 2. The number of phenols is 1. The summed E-state index contributed by atoms with van der Waals surface area (Å²) in [5.74, 6) is 0.641. The molecule has 0 heterocycles. The van der Waals surface area contributed by atoms with Gasteiger partial charge in [-0.1, -0.05) is 56.0 Å². The van der Waals surface area contributed by atoms with Crippen molar-refractivity contribution in [3.05, 3.63) is 82.9 Å². The lowest BCUT2D eigenvalue weighted by atomic mass is 9.86. The molecule has 0 aliphatic carbocycles. The molecule has 23 heavy (non-hydrogen) atoms. The van der Waals surface area contributed by atoms with Crippen LogP contribution in [0.5, 0.6) is 5.75 Å². The Hall–Kier alpha value is -2.28. The Morgan fingerprint density at radius 2 is 1.61 bits per heavy atom. The van der Waals surface area contributed by atoms with Gasteiger partial charge in [0.25, 0.3) is 0 Å². The van der Waals surface area contributed by atoms with Crippen molar-refractivity contribution < 1.29 is 5.11 Å². The summed E-state index contributed by atoms with van der Waals surface area (Å²) in [6, 6.07) is 12.2. The summed E-state index contributed by atoms with van der Waals surface area (Å²) in [5.41, 5.74) is 7.54. The van der Waals surface area contributed by atoms with E-state index in [1.54, 1.807) is 6.07 Å². The number of benzene rings is 2. The Kier molecular flexibility index (Phi) is 5.10. The fourth-order valence-electron chi connectivity index (χ4n) is 3.07. The van der Waals surface area contributed by atoms with Crippen molar-refractivity contribution in [1.29, 1.82) is 0 Å². The van der Waals surface area contributed by atoms with Gasteiger partial charge in [-0.2, -0.15) is 0 Å². The Bertz CT molecular complexity index is 753. The van der Waals surface area contributed by atoms with Crippen molar-refractivity contribution in [2.24, 2.45) is 0 Å². The molecule has 0 spiro atoms. The van der Waals surface area contributed by atoms with Gasteiger partial charge in [-0.25, -0.2) is 0 Å². The summed E-state index contributed by atoms with van der Waals surface area (Å²) >= 11 is 0. The molecule has 1 heteroatoms. The van der Waals surface area contributed by atoms with Crippen LogP contribution in [0.2, 0.25) is 0 Å². The molecule has 0 saturated heterocycles. The Balaban J connectivity index is 2.16. The third-order valence-corrected chi connectivity index (χ3v) is 4.41. The van der Waals surface area contributed by atoms with Crippen molar-refractivity contribution in [3.8, 4) is 5.75 Å². The highest BCUT2D eigenvalue weighted by molar-refractivity contribution is 5.80. The first-order valence-electron chi connectivity index (χ1n) is 8.03. The van der Waals surface area contributed by atoms with Crippen molar-refractivity contribution >= 4 is 5.57 Å². The van der Waals surface area contributed by atoms with E-state index >= 15 is 0 Å². The van der Waals surface area contributed by atoms with Crippen molar-refractivity contribution in [2.75, 3.05) is 0 Å². The van der Waals surface area contributed by atoms with Gasteiger partial charge in [-0.15, -0.1) is 0 Å². The standard InChI is InChI=1S/C22H26O/c1-14-7-9-20(17(4)11-14)18(5)13-16(3)19(6)21-10-8-15(2)12-22(21)23/h7-12,18,23H,3,6,13H2,1-2,4-5H3. The molecule has 1 unspecified atom stereocenters. The molecule has 1 atom stereocenters. The molecule has 1 nitrogen and oxygen atoms in total. The zero-order valence-corrected chi connectivity index (χ0v) is 14.6. The van der Waals surface area contributed by atoms with Crippen LogP contribution in [-0.2, 0) is 0 Å². The highest BCUT2D eigenvalue weighted by Crippen LogP contribution is 2.34. The van der Waals surface area contributed by atoms with Gasteiger partial charge < -0.3 is 5.11 Å². The Morgan fingerprint density at radius 3 is 2.22 bits per heavy atom. The van der Waals surface area contributed by atoms with E-state index in [4.69, 9.17) is 0 Å². The molecular weight excluding hydrogens is 280 g/mol. The summed E-state index contributed by atoms with van der Waals surface area (Å²) in [5, 5.41) is 10.1. The SMILES string of the molecule is C=C(CC(C)c1ccc(C)cc1C)C(=C)c1ccc(C)cc1O. The van der Waals surface area contributed by atoms with Gasteiger partial charge in [-0.3, -0.25) is 0 Å². The van der Waals surface area contributed by atoms with E-state index in [-0.39, 0.29) is 5.75 Å². The van der Waals surface area contributed by atoms with Gasteiger partial charge in [-0.05, 0) is 67.0 Å². The van der Waals surface area contributed by atoms with E-state index in [1.807, 2.05) is 19.1 Å². The minimum absolute atomic E-state index is 0.273. The summed E-state index contributed by atoms with van der Waals surface area (Å²) in [4.78, 5) is 0. The lowest BCUT2D eigenvalue weighted by molar-refractivity contribution is 0.473. The fraction of sp³-hybridized carbons (Fsp3) is 0.273. The number of hydrogen-bond acceptors (Lipinski definition) is 1. The van der Waals surface area contributed by atoms with Crippen molar-refractivity contribution in [3.63, 3.8) is 0 Å². The molecule has 0 aliphatic rings. The van der Waals surface area contributed by atoms with Crippen LogP contribution >= 0.6 is 0 Å². The molecule has 120 valence electrons. The van der Waals surface area contributed by atoms with Gasteiger partial charge in [0.2, 0.25) is 0 Å². The van der Waals surface area contributed by atoms with E-state index in [0.29, 0.717) is 5.92 Å². The van der Waals surface area contributed by atoms with Crippen LogP contribution in [-0.4, -0.2) is 5.11 Å². The monoisotopic (exact) mass is 306 g/mol. The first kappa shape index (κ1) is 17.1. The molecule has 0 saturated carbocycles. The summed E-state index contributed by atoms with van der Waals surface area (Å²) in [7, 11) is 0. The van der Waals surface area contributed by atoms with Crippen LogP contribution in [0.1, 0.15) is 47.1 Å². The second-order valence-corrected chi connectivity index (χ2v) is 6.57. The number of rotatable bonds is 5. The smallest absolute Gasteiger partial charge is 0.123 e. The van der Waals surface area contributed by atoms with Crippen LogP contribution in [0.4, 0.5) is 0 Å². The Morgan fingerprint density at radius 1 is 1.00 bits per heavy atom. The lowest BCUT2D eigenvalue weighted by Gasteiger charge is -2.18. The van der Waals surface area contributed by atoms with E-state index in [0.717, 1.165) is 28.7 Å². The average molecular weight is 306 g/mol. The van der Waals surface area contributed by atoms with Crippen LogP contribution < -0.4 is 0 Å². The molecule has 0 aliphatic heterocycles. The van der Waals surface area contributed by atoms with E-state index in [2.05, 4.69) is 52.1 Å². The maximum Gasteiger partial charge on any atom is 0.123 e. The number of aromatic hydroxyl groups is 1. The van der Waals surface area contributed by atoms with Crippen molar-refractivity contribution in [2.45, 2.75) is 40.0 Å². The molecule has 0 amide bonds. The highest BCUT2D eigenvalue weighted by atomic mass is 16.3. The minimum Gasteiger partial charge on any atom is -0.507 e. The molecule has 1 N–H and O–H groups in total. The first-order valence-corrected chi connectivity index (χ1v) is 8.03. The van der Waals surface area contributed by atoms with Gasteiger partial charge in [0.1, 0.15) is 5.75 Å². The van der Waals surface area contributed by atoms with E-state index < -0.39 is 0 Å². The number of aryl methyl sites for hydroxylation is 3. The first-order chi connectivity index (χ1) is 10.8. The highest BCUT2D eigenvalue weighted by Gasteiger charge is 2.14. The summed E-state index contributed by atoms with van der Waals surface area (Å²) in [6.45, 7) is 16.8. The number of hydrogen-bond donors (Lipinski definition) is 1. The number of phenolic OH excluding ortho intramolecular Hbond substituents is 1. The zero-order valence-electron chi connectivity index (χ0n) is 14.6. The Labute approximate surface area is 140 Å². The second-order valence-electron chi connectivity index (χ2n) is 6.57. The third-order valence-electron chi connectivity index (χ3n) is 4.41. The normalized spacial score (nSPS) is 12.0. The molecule has 0 bridgehead atoms. The second kappa shape index (κ2) is 6.87. The molecule has 2 aromatic carbocycles.